The zero-order valence-corrected chi connectivity index (χ0v) is 12.5. The van der Waals surface area contributed by atoms with E-state index in [1.165, 1.54) is 0 Å². The third-order valence-electron chi connectivity index (χ3n) is 2.53. The van der Waals surface area contributed by atoms with Gasteiger partial charge in [0.25, 0.3) is 0 Å². The molecule has 1 aromatic carbocycles. The Morgan fingerprint density at radius 3 is 2.78 bits per heavy atom. The molecule has 0 bridgehead atoms. The van der Waals surface area contributed by atoms with Crippen molar-refractivity contribution in [3.8, 4) is 5.75 Å². The number of ether oxygens (including phenoxy) is 2. The molecule has 4 heteroatoms. The first kappa shape index (κ1) is 15.2. The molecule has 0 aliphatic rings. The van der Waals surface area contributed by atoms with E-state index < -0.39 is 0 Å². The number of methoxy groups -OCH3 is 1. The molecule has 0 fully saturated rings. The molecule has 0 N–H and O–H groups in total. The molecule has 0 radical (unpaired) electrons. The van der Waals surface area contributed by atoms with Crippen molar-refractivity contribution in [2.24, 2.45) is 0 Å². The molecule has 18 heavy (non-hydrogen) atoms. The Balaban J connectivity index is 2.78. The lowest BCUT2D eigenvalue weighted by Gasteiger charge is -2.11. The van der Waals surface area contributed by atoms with E-state index in [0.717, 1.165) is 17.3 Å². The molecule has 0 aliphatic heterocycles. The van der Waals surface area contributed by atoms with Crippen LogP contribution in [0.5, 0.6) is 5.75 Å². The van der Waals surface area contributed by atoms with Gasteiger partial charge < -0.3 is 9.47 Å². The zero-order valence-electron chi connectivity index (χ0n) is 10.9. The SMILES string of the molecule is CCCCOc1ccc(Br)cc1C(=O)CCOC. The lowest BCUT2D eigenvalue weighted by Crippen LogP contribution is -2.07. The highest BCUT2D eigenvalue weighted by atomic mass is 79.9. The second-order valence-electron chi connectivity index (χ2n) is 4.01. The Kier molecular flexibility index (Phi) is 6.98. The predicted molar refractivity (Wildman–Crippen MR) is 75.4 cm³/mol. The molecular weight excluding hydrogens is 296 g/mol. The molecule has 0 unspecified atom stereocenters. The number of unbranched alkanes of at least 4 members (excludes halogenated alkanes) is 1. The van der Waals surface area contributed by atoms with E-state index in [9.17, 15) is 4.79 Å². The van der Waals surface area contributed by atoms with Gasteiger partial charge in [0.15, 0.2) is 5.78 Å². The maximum Gasteiger partial charge on any atom is 0.168 e. The third kappa shape index (κ3) is 4.78. The van der Waals surface area contributed by atoms with Crippen LogP contribution in [0.4, 0.5) is 0 Å². The summed E-state index contributed by atoms with van der Waals surface area (Å²) in [6.07, 6.45) is 2.43. The van der Waals surface area contributed by atoms with Crippen LogP contribution in [0.25, 0.3) is 0 Å². The van der Waals surface area contributed by atoms with Crippen molar-refractivity contribution in [3.63, 3.8) is 0 Å². The minimum Gasteiger partial charge on any atom is -0.493 e. The average molecular weight is 315 g/mol. The Morgan fingerprint density at radius 1 is 1.33 bits per heavy atom. The summed E-state index contributed by atoms with van der Waals surface area (Å²) in [6.45, 7) is 3.18. The Bertz CT molecular complexity index is 391. The molecule has 0 amide bonds. The smallest absolute Gasteiger partial charge is 0.168 e. The average Bonchev–Trinajstić information content (AvgIpc) is 2.38. The summed E-state index contributed by atoms with van der Waals surface area (Å²) in [4.78, 5) is 12.0. The molecule has 0 spiro atoms. The molecule has 1 rings (SSSR count). The number of hydrogen-bond donors (Lipinski definition) is 0. The van der Waals surface area contributed by atoms with Gasteiger partial charge in [0.2, 0.25) is 0 Å². The second kappa shape index (κ2) is 8.27. The van der Waals surface area contributed by atoms with Crippen LogP contribution in [0, 0.1) is 0 Å². The molecule has 0 atom stereocenters. The number of carbonyl (C=O) groups excluding carboxylic acids is 1. The largest absolute Gasteiger partial charge is 0.493 e. The van der Waals surface area contributed by atoms with Gasteiger partial charge in [-0.2, -0.15) is 0 Å². The van der Waals surface area contributed by atoms with Crippen molar-refractivity contribution < 1.29 is 14.3 Å². The standard InChI is InChI=1S/C14H19BrO3/c1-3-4-8-18-14-6-5-11(15)10-12(14)13(16)7-9-17-2/h5-6,10H,3-4,7-9H2,1-2H3. The van der Waals surface area contributed by atoms with Crippen molar-refractivity contribution in [2.75, 3.05) is 20.3 Å². The quantitative estimate of drug-likeness (QED) is 0.540. The number of carbonyl (C=O) groups is 1. The van der Waals surface area contributed by atoms with Gasteiger partial charge in [-0.05, 0) is 24.6 Å². The lowest BCUT2D eigenvalue weighted by atomic mass is 10.1. The number of hydrogen-bond acceptors (Lipinski definition) is 3. The van der Waals surface area contributed by atoms with Gasteiger partial charge in [-0.3, -0.25) is 4.79 Å². The minimum atomic E-state index is 0.0460. The predicted octanol–water partition coefficient (Wildman–Crippen LogP) is 3.85. The Hall–Kier alpha value is -0.870. The normalized spacial score (nSPS) is 10.4. The Labute approximate surface area is 117 Å². The summed E-state index contributed by atoms with van der Waals surface area (Å²) in [5.41, 5.74) is 0.623. The van der Waals surface area contributed by atoms with Crippen LogP contribution in [-0.4, -0.2) is 26.1 Å². The van der Waals surface area contributed by atoms with Crippen molar-refractivity contribution in [1.29, 1.82) is 0 Å². The first-order chi connectivity index (χ1) is 8.69. The van der Waals surface area contributed by atoms with E-state index in [0.29, 0.717) is 30.9 Å². The maximum absolute atomic E-state index is 12.0. The summed E-state index contributed by atoms with van der Waals surface area (Å²) in [7, 11) is 1.59. The number of halogens is 1. The fourth-order valence-electron chi connectivity index (χ4n) is 1.50. The van der Waals surface area contributed by atoms with Gasteiger partial charge in [0, 0.05) is 18.0 Å². The first-order valence-corrected chi connectivity index (χ1v) is 6.92. The minimum absolute atomic E-state index is 0.0460. The molecule has 1 aromatic rings. The highest BCUT2D eigenvalue weighted by Crippen LogP contribution is 2.24. The maximum atomic E-state index is 12.0. The van der Waals surface area contributed by atoms with Gasteiger partial charge in [-0.1, -0.05) is 29.3 Å². The molecular formula is C14H19BrO3. The van der Waals surface area contributed by atoms with Gasteiger partial charge in [0.1, 0.15) is 5.75 Å². The van der Waals surface area contributed by atoms with Crippen LogP contribution in [0.2, 0.25) is 0 Å². The van der Waals surface area contributed by atoms with Gasteiger partial charge in [-0.25, -0.2) is 0 Å². The molecule has 0 aliphatic carbocycles. The summed E-state index contributed by atoms with van der Waals surface area (Å²) in [6, 6.07) is 5.52. The van der Waals surface area contributed by atoms with E-state index in [2.05, 4.69) is 22.9 Å². The highest BCUT2D eigenvalue weighted by Gasteiger charge is 2.13. The molecule has 100 valence electrons. The topological polar surface area (TPSA) is 35.5 Å². The number of benzene rings is 1. The van der Waals surface area contributed by atoms with Crippen LogP contribution in [0.3, 0.4) is 0 Å². The van der Waals surface area contributed by atoms with Crippen LogP contribution in [-0.2, 0) is 4.74 Å². The van der Waals surface area contributed by atoms with Crippen LogP contribution in [0.1, 0.15) is 36.5 Å². The molecule has 0 saturated heterocycles. The van der Waals surface area contributed by atoms with E-state index >= 15 is 0 Å². The number of Topliss-reactive ketones (excluding diaryl/α,β-unsaturated/α-hetero) is 1. The fourth-order valence-corrected chi connectivity index (χ4v) is 1.86. The van der Waals surface area contributed by atoms with Crippen LogP contribution < -0.4 is 4.74 Å². The third-order valence-corrected chi connectivity index (χ3v) is 3.02. The van der Waals surface area contributed by atoms with Gasteiger partial charge in [0.05, 0.1) is 18.8 Å². The summed E-state index contributed by atoms with van der Waals surface area (Å²) in [5, 5.41) is 0. The Morgan fingerprint density at radius 2 is 2.11 bits per heavy atom. The van der Waals surface area contributed by atoms with Gasteiger partial charge >= 0.3 is 0 Å². The van der Waals surface area contributed by atoms with Gasteiger partial charge in [-0.15, -0.1) is 0 Å². The van der Waals surface area contributed by atoms with Crippen molar-refractivity contribution in [3.05, 3.63) is 28.2 Å². The fraction of sp³-hybridized carbons (Fsp3) is 0.500. The van der Waals surface area contributed by atoms with Crippen molar-refractivity contribution in [2.45, 2.75) is 26.2 Å². The number of rotatable bonds is 8. The lowest BCUT2D eigenvalue weighted by molar-refractivity contribution is 0.0928. The van der Waals surface area contributed by atoms with Crippen LogP contribution in [0.15, 0.2) is 22.7 Å². The van der Waals surface area contributed by atoms with E-state index in [1.807, 2.05) is 12.1 Å². The van der Waals surface area contributed by atoms with Crippen molar-refractivity contribution >= 4 is 21.7 Å². The van der Waals surface area contributed by atoms with Crippen molar-refractivity contribution in [1.82, 2.24) is 0 Å². The molecule has 3 nitrogen and oxygen atoms in total. The number of ketones is 1. The zero-order chi connectivity index (χ0) is 13.4. The summed E-state index contributed by atoms with van der Waals surface area (Å²) < 4.78 is 11.5. The highest BCUT2D eigenvalue weighted by molar-refractivity contribution is 9.10. The molecule has 0 saturated carbocycles. The summed E-state index contributed by atoms with van der Waals surface area (Å²) in [5.74, 6) is 0.706. The monoisotopic (exact) mass is 314 g/mol. The molecule has 0 heterocycles. The van der Waals surface area contributed by atoms with E-state index in [4.69, 9.17) is 9.47 Å². The van der Waals surface area contributed by atoms with E-state index in [1.54, 1.807) is 13.2 Å². The van der Waals surface area contributed by atoms with E-state index in [-0.39, 0.29) is 5.78 Å². The second-order valence-corrected chi connectivity index (χ2v) is 4.92. The first-order valence-electron chi connectivity index (χ1n) is 6.13. The molecule has 0 aromatic heterocycles. The van der Waals surface area contributed by atoms with Crippen LogP contribution >= 0.6 is 15.9 Å². The summed E-state index contributed by atoms with van der Waals surface area (Å²) >= 11 is 3.38.